The molecule has 1 aromatic rings. The number of nitrogens with zero attached hydrogens (tertiary/aromatic N) is 1. The topological polar surface area (TPSA) is 58.4 Å². The molecule has 0 saturated carbocycles. The van der Waals surface area contributed by atoms with Crippen LogP contribution in [0.5, 0.6) is 0 Å². The van der Waals surface area contributed by atoms with Crippen LogP contribution in [0.4, 0.5) is 5.69 Å². The third-order valence-corrected chi connectivity index (χ3v) is 3.61. The minimum Gasteiger partial charge on any atom is -0.356 e. The number of rotatable bonds is 3. The number of aryl methyl sites for hydroxylation is 1. The first-order chi connectivity index (χ1) is 8.98. The van der Waals surface area contributed by atoms with E-state index in [1.807, 2.05) is 26.0 Å². The molecule has 1 aromatic carbocycles. The Kier molecular flexibility index (Phi) is 3.80. The van der Waals surface area contributed by atoms with E-state index in [1.54, 1.807) is 0 Å². The van der Waals surface area contributed by atoms with E-state index in [0.717, 1.165) is 18.7 Å². The predicted molar refractivity (Wildman–Crippen MR) is 78.2 cm³/mol. The lowest BCUT2D eigenvalue weighted by molar-refractivity contribution is -0.125. The highest BCUT2D eigenvalue weighted by Crippen LogP contribution is 2.27. The van der Waals surface area contributed by atoms with Gasteiger partial charge < -0.3 is 16.0 Å². The van der Waals surface area contributed by atoms with Crippen LogP contribution in [0.3, 0.4) is 0 Å². The van der Waals surface area contributed by atoms with Gasteiger partial charge in [0.05, 0.1) is 5.54 Å². The minimum atomic E-state index is -0.277. The van der Waals surface area contributed by atoms with Crippen molar-refractivity contribution in [2.75, 3.05) is 18.0 Å². The Morgan fingerprint density at radius 1 is 1.42 bits per heavy atom. The van der Waals surface area contributed by atoms with E-state index < -0.39 is 0 Å². The molecule has 2 rings (SSSR count). The number of piperazine rings is 1. The van der Waals surface area contributed by atoms with Gasteiger partial charge in [-0.3, -0.25) is 4.79 Å². The van der Waals surface area contributed by atoms with Crippen LogP contribution >= 0.6 is 0 Å². The first kappa shape index (κ1) is 13.9. The minimum absolute atomic E-state index is 0.0182. The summed E-state index contributed by atoms with van der Waals surface area (Å²) >= 11 is 0. The van der Waals surface area contributed by atoms with E-state index in [9.17, 15) is 4.79 Å². The lowest BCUT2D eigenvalue weighted by Gasteiger charge is -2.45. The number of hydrogen-bond acceptors (Lipinski definition) is 3. The number of carbonyl (C=O) groups excluding carboxylic acids is 1. The molecular weight excluding hydrogens is 238 g/mol. The molecule has 1 heterocycles. The maximum atomic E-state index is 12.2. The van der Waals surface area contributed by atoms with Gasteiger partial charge in [-0.1, -0.05) is 25.1 Å². The van der Waals surface area contributed by atoms with Crippen molar-refractivity contribution in [3.05, 3.63) is 29.8 Å². The zero-order chi connectivity index (χ0) is 14.0. The molecule has 3 N–H and O–H groups in total. The van der Waals surface area contributed by atoms with E-state index in [0.29, 0.717) is 6.54 Å². The van der Waals surface area contributed by atoms with Crippen LogP contribution in [0.1, 0.15) is 26.3 Å². The number of nitrogens with one attached hydrogen (secondary N) is 1. The van der Waals surface area contributed by atoms with Crippen LogP contribution < -0.4 is 16.0 Å². The van der Waals surface area contributed by atoms with Gasteiger partial charge in [0.15, 0.2) is 0 Å². The van der Waals surface area contributed by atoms with Crippen molar-refractivity contribution in [3.8, 4) is 0 Å². The molecule has 0 bridgehead atoms. The highest BCUT2D eigenvalue weighted by Gasteiger charge is 2.38. The Hall–Kier alpha value is -1.55. The number of para-hydroxylation sites is 1. The van der Waals surface area contributed by atoms with Gasteiger partial charge in [-0.2, -0.15) is 0 Å². The van der Waals surface area contributed by atoms with Crippen molar-refractivity contribution in [2.24, 2.45) is 5.73 Å². The van der Waals surface area contributed by atoms with E-state index >= 15 is 0 Å². The van der Waals surface area contributed by atoms with Crippen LogP contribution in [0.2, 0.25) is 0 Å². The number of nitrogens with two attached hydrogens (primary N) is 1. The summed E-state index contributed by atoms with van der Waals surface area (Å²) in [6.07, 6.45) is 0.950. The molecule has 0 radical (unpaired) electrons. The van der Waals surface area contributed by atoms with Gasteiger partial charge in [-0.05, 0) is 31.9 Å². The molecule has 1 unspecified atom stereocenters. The van der Waals surface area contributed by atoms with Crippen LogP contribution in [-0.2, 0) is 11.2 Å². The molecule has 1 fully saturated rings. The van der Waals surface area contributed by atoms with Crippen molar-refractivity contribution in [3.63, 3.8) is 0 Å². The fourth-order valence-electron chi connectivity index (χ4n) is 2.71. The molecule has 4 heteroatoms. The van der Waals surface area contributed by atoms with Crippen molar-refractivity contribution >= 4 is 11.6 Å². The SMILES string of the molecule is CCc1ccccc1N1CC(C)(C)NC(=O)C1CN. The Morgan fingerprint density at radius 3 is 2.74 bits per heavy atom. The van der Waals surface area contributed by atoms with Gasteiger partial charge in [0, 0.05) is 18.8 Å². The maximum Gasteiger partial charge on any atom is 0.244 e. The first-order valence-corrected chi connectivity index (χ1v) is 6.85. The van der Waals surface area contributed by atoms with Gasteiger partial charge in [0.1, 0.15) is 6.04 Å². The Morgan fingerprint density at radius 2 is 2.11 bits per heavy atom. The van der Waals surface area contributed by atoms with Gasteiger partial charge in [-0.15, -0.1) is 0 Å². The highest BCUT2D eigenvalue weighted by molar-refractivity contribution is 5.88. The van der Waals surface area contributed by atoms with E-state index in [-0.39, 0.29) is 17.5 Å². The van der Waals surface area contributed by atoms with Crippen LogP contribution in [0.25, 0.3) is 0 Å². The summed E-state index contributed by atoms with van der Waals surface area (Å²) in [5, 5.41) is 3.03. The average Bonchev–Trinajstić information content (AvgIpc) is 2.37. The van der Waals surface area contributed by atoms with Crippen molar-refractivity contribution < 1.29 is 4.79 Å². The lowest BCUT2D eigenvalue weighted by Crippen LogP contribution is -2.66. The second-order valence-corrected chi connectivity index (χ2v) is 5.73. The quantitative estimate of drug-likeness (QED) is 0.862. The monoisotopic (exact) mass is 261 g/mol. The second-order valence-electron chi connectivity index (χ2n) is 5.73. The number of carbonyl (C=O) groups is 1. The molecule has 1 saturated heterocycles. The molecule has 1 atom stereocenters. The summed E-state index contributed by atoms with van der Waals surface area (Å²) in [5.74, 6) is 0.0182. The molecule has 1 aliphatic rings. The molecule has 19 heavy (non-hydrogen) atoms. The summed E-state index contributed by atoms with van der Waals surface area (Å²) in [4.78, 5) is 14.3. The molecule has 0 spiro atoms. The Labute approximate surface area is 115 Å². The van der Waals surface area contributed by atoms with Gasteiger partial charge in [-0.25, -0.2) is 0 Å². The van der Waals surface area contributed by atoms with Crippen molar-refractivity contribution in [1.29, 1.82) is 0 Å². The number of anilines is 1. The molecule has 0 aliphatic carbocycles. The summed E-state index contributed by atoms with van der Waals surface area (Å²) in [6.45, 7) is 7.32. The fourth-order valence-corrected chi connectivity index (χ4v) is 2.71. The highest BCUT2D eigenvalue weighted by atomic mass is 16.2. The smallest absolute Gasteiger partial charge is 0.244 e. The first-order valence-electron chi connectivity index (χ1n) is 6.85. The van der Waals surface area contributed by atoms with Crippen LogP contribution in [0.15, 0.2) is 24.3 Å². The lowest BCUT2D eigenvalue weighted by atomic mass is 9.96. The molecule has 4 nitrogen and oxygen atoms in total. The molecule has 104 valence electrons. The summed E-state index contributed by atoms with van der Waals surface area (Å²) < 4.78 is 0. The summed E-state index contributed by atoms with van der Waals surface area (Å²) in [6, 6.07) is 7.97. The third-order valence-electron chi connectivity index (χ3n) is 3.61. The number of amides is 1. The average molecular weight is 261 g/mol. The number of hydrogen-bond donors (Lipinski definition) is 2. The normalized spacial score (nSPS) is 22.2. The third kappa shape index (κ3) is 2.73. The Bertz CT molecular complexity index is 470. The largest absolute Gasteiger partial charge is 0.356 e. The van der Waals surface area contributed by atoms with Crippen LogP contribution in [0, 0.1) is 0 Å². The molecule has 1 aliphatic heterocycles. The van der Waals surface area contributed by atoms with Gasteiger partial charge in [0.25, 0.3) is 0 Å². The fraction of sp³-hybridized carbons (Fsp3) is 0.533. The van der Waals surface area contributed by atoms with Gasteiger partial charge >= 0.3 is 0 Å². The van der Waals surface area contributed by atoms with Crippen molar-refractivity contribution in [1.82, 2.24) is 5.32 Å². The second kappa shape index (κ2) is 5.21. The van der Waals surface area contributed by atoms with E-state index in [1.165, 1.54) is 5.56 Å². The predicted octanol–water partition coefficient (Wildman–Crippen LogP) is 1.29. The molecular formula is C15H23N3O. The molecule has 0 aromatic heterocycles. The van der Waals surface area contributed by atoms with E-state index in [2.05, 4.69) is 29.3 Å². The van der Waals surface area contributed by atoms with Crippen molar-refractivity contribution in [2.45, 2.75) is 38.8 Å². The zero-order valence-electron chi connectivity index (χ0n) is 11.9. The number of benzene rings is 1. The Balaban J connectivity index is 2.41. The molecule has 1 amide bonds. The van der Waals surface area contributed by atoms with E-state index in [4.69, 9.17) is 5.73 Å². The summed E-state index contributed by atoms with van der Waals surface area (Å²) in [7, 11) is 0. The maximum absolute atomic E-state index is 12.2. The van der Waals surface area contributed by atoms with Gasteiger partial charge in [0.2, 0.25) is 5.91 Å². The summed E-state index contributed by atoms with van der Waals surface area (Å²) in [5.41, 5.74) is 7.95. The van der Waals surface area contributed by atoms with Crippen LogP contribution in [-0.4, -0.2) is 30.6 Å². The zero-order valence-corrected chi connectivity index (χ0v) is 11.9. The standard InChI is InChI=1S/C15H23N3O/c1-4-11-7-5-6-8-12(11)18-10-15(2,3)17-14(19)13(18)9-16/h5-8,13H,4,9-10,16H2,1-3H3,(H,17,19).